The zero-order chi connectivity index (χ0) is 9.84. The first-order valence-electron chi connectivity index (χ1n) is 4.95. The molecule has 0 radical (unpaired) electrons. The van der Waals surface area contributed by atoms with Crippen molar-refractivity contribution in [2.45, 2.75) is 56.1 Å². The number of carbonyl (C=O) groups excluding carboxylic acids is 1. The molecule has 1 rings (SSSR count). The third-order valence-corrected chi connectivity index (χ3v) is 4.26. The minimum Gasteiger partial charge on any atom is -0.392 e. The number of thioether (sulfide) groups is 1. The van der Waals surface area contributed by atoms with Gasteiger partial charge in [0.25, 0.3) is 0 Å². The zero-order valence-electron chi connectivity index (χ0n) is 8.32. The summed E-state index contributed by atoms with van der Waals surface area (Å²) in [5.41, 5.74) is 0. The van der Waals surface area contributed by atoms with Crippen LogP contribution in [-0.2, 0) is 4.79 Å². The van der Waals surface area contributed by atoms with E-state index in [1.807, 2.05) is 6.92 Å². The fraction of sp³-hybridized carbons (Fsp3) is 0.900. The van der Waals surface area contributed by atoms with Gasteiger partial charge in [-0.25, -0.2) is 0 Å². The number of aliphatic hydroxyl groups is 1. The molecule has 3 heteroatoms. The average Bonchev–Trinajstić information content (AvgIpc) is 2.08. The number of Topliss-reactive ketones (excluding diaryl/α,β-unsaturated/α-hetero) is 1. The van der Waals surface area contributed by atoms with Crippen molar-refractivity contribution in [2.24, 2.45) is 0 Å². The van der Waals surface area contributed by atoms with Crippen LogP contribution in [0.25, 0.3) is 0 Å². The molecule has 0 bridgehead atoms. The Hall–Kier alpha value is -0.0200. The van der Waals surface area contributed by atoms with Crippen LogP contribution in [0.1, 0.15) is 39.5 Å². The Bertz CT molecular complexity index is 182. The maximum Gasteiger partial charge on any atom is 0.142 e. The molecule has 1 fully saturated rings. The first-order valence-corrected chi connectivity index (χ1v) is 5.89. The summed E-state index contributed by atoms with van der Waals surface area (Å²) in [5, 5.41) is 9.99. The number of carbonyl (C=O) groups is 1. The molecule has 1 aliphatic rings. The molecule has 0 amide bonds. The smallest absolute Gasteiger partial charge is 0.142 e. The van der Waals surface area contributed by atoms with Gasteiger partial charge in [-0.05, 0) is 26.7 Å². The van der Waals surface area contributed by atoms with E-state index in [2.05, 4.69) is 0 Å². The lowest BCUT2D eigenvalue weighted by molar-refractivity contribution is -0.116. The quantitative estimate of drug-likeness (QED) is 0.760. The van der Waals surface area contributed by atoms with Gasteiger partial charge in [0.1, 0.15) is 5.78 Å². The second-order valence-corrected chi connectivity index (χ2v) is 5.36. The third kappa shape index (κ3) is 3.31. The SMILES string of the molecule is CC(=O)C(C)SC1CCCCC1O. The Labute approximate surface area is 84.1 Å². The molecule has 1 aliphatic carbocycles. The highest BCUT2D eigenvalue weighted by Gasteiger charge is 2.26. The largest absolute Gasteiger partial charge is 0.392 e. The Balaban J connectivity index is 2.37. The molecule has 0 aromatic heterocycles. The number of aliphatic hydroxyl groups excluding tert-OH is 1. The summed E-state index contributed by atoms with van der Waals surface area (Å²) in [6.07, 6.45) is 4.10. The number of rotatable bonds is 3. The van der Waals surface area contributed by atoms with Crippen LogP contribution in [0.4, 0.5) is 0 Å². The fourth-order valence-electron chi connectivity index (χ4n) is 1.59. The Morgan fingerprint density at radius 3 is 2.62 bits per heavy atom. The summed E-state index contributed by atoms with van der Waals surface area (Å²) < 4.78 is 0. The summed E-state index contributed by atoms with van der Waals surface area (Å²) in [4.78, 5) is 11.0. The highest BCUT2D eigenvalue weighted by Crippen LogP contribution is 2.31. The van der Waals surface area contributed by atoms with Crippen molar-refractivity contribution in [1.82, 2.24) is 0 Å². The average molecular weight is 202 g/mol. The number of hydrogen-bond donors (Lipinski definition) is 1. The van der Waals surface area contributed by atoms with Gasteiger partial charge >= 0.3 is 0 Å². The molecular weight excluding hydrogens is 184 g/mol. The summed E-state index contributed by atoms with van der Waals surface area (Å²) in [5.74, 6) is 0.211. The second kappa shape index (κ2) is 5.01. The van der Waals surface area contributed by atoms with Crippen molar-refractivity contribution in [3.05, 3.63) is 0 Å². The van der Waals surface area contributed by atoms with Crippen LogP contribution in [0.2, 0.25) is 0 Å². The molecule has 3 atom stereocenters. The van der Waals surface area contributed by atoms with E-state index in [1.54, 1.807) is 18.7 Å². The van der Waals surface area contributed by atoms with Gasteiger partial charge in [0.15, 0.2) is 0 Å². The Kier molecular flexibility index (Phi) is 4.26. The minimum absolute atomic E-state index is 0.0396. The van der Waals surface area contributed by atoms with E-state index in [1.165, 1.54) is 6.42 Å². The molecule has 1 saturated carbocycles. The number of hydrogen-bond acceptors (Lipinski definition) is 3. The van der Waals surface area contributed by atoms with E-state index >= 15 is 0 Å². The predicted molar refractivity (Wildman–Crippen MR) is 56.0 cm³/mol. The third-order valence-electron chi connectivity index (χ3n) is 2.62. The molecule has 0 aromatic carbocycles. The monoisotopic (exact) mass is 202 g/mol. The van der Waals surface area contributed by atoms with Crippen molar-refractivity contribution in [3.8, 4) is 0 Å². The van der Waals surface area contributed by atoms with Gasteiger partial charge in [-0.15, -0.1) is 11.8 Å². The van der Waals surface area contributed by atoms with E-state index in [4.69, 9.17) is 0 Å². The normalized spacial score (nSPS) is 31.3. The molecule has 76 valence electrons. The molecule has 2 nitrogen and oxygen atoms in total. The van der Waals surface area contributed by atoms with E-state index < -0.39 is 0 Å². The van der Waals surface area contributed by atoms with Crippen LogP contribution in [0.15, 0.2) is 0 Å². The summed E-state index contributed by atoms with van der Waals surface area (Å²) in [7, 11) is 0. The standard InChI is InChI=1S/C10H18O2S/c1-7(11)8(2)13-10-6-4-3-5-9(10)12/h8-10,12H,3-6H2,1-2H3. The molecule has 1 N–H and O–H groups in total. The van der Waals surface area contributed by atoms with E-state index in [9.17, 15) is 9.90 Å². The molecule has 0 spiro atoms. The predicted octanol–water partition coefficient (Wildman–Crippen LogP) is 2.00. The highest BCUT2D eigenvalue weighted by molar-refractivity contribution is 8.01. The zero-order valence-corrected chi connectivity index (χ0v) is 9.14. The van der Waals surface area contributed by atoms with Crippen LogP contribution >= 0.6 is 11.8 Å². The number of ketones is 1. The first-order chi connectivity index (χ1) is 6.11. The van der Waals surface area contributed by atoms with Crippen molar-refractivity contribution in [1.29, 1.82) is 0 Å². The lowest BCUT2D eigenvalue weighted by atomic mass is 9.97. The van der Waals surface area contributed by atoms with Gasteiger partial charge in [-0.1, -0.05) is 12.8 Å². The summed E-state index contributed by atoms with van der Waals surface area (Å²) >= 11 is 1.64. The van der Waals surface area contributed by atoms with Gasteiger partial charge in [0, 0.05) is 5.25 Å². The summed E-state index contributed by atoms with van der Waals surface area (Å²) in [6.45, 7) is 3.54. The van der Waals surface area contributed by atoms with Gasteiger partial charge in [-0.3, -0.25) is 4.79 Å². The van der Waals surface area contributed by atoms with Gasteiger partial charge in [0.2, 0.25) is 0 Å². The maximum atomic E-state index is 11.0. The summed E-state index contributed by atoms with van der Waals surface area (Å²) in [6, 6.07) is 0. The molecule has 3 unspecified atom stereocenters. The molecule has 0 heterocycles. The lowest BCUT2D eigenvalue weighted by Gasteiger charge is -2.28. The van der Waals surface area contributed by atoms with Gasteiger partial charge < -0.3 is 5.11 Å². The minimum atomic E-state index is -0.194. The van der Waals surface area contributed by atoms with Crippen LogP contribution in [0.5, 0.6) is 0 Å². The first kappa shape index (κ1) is 11.1. The molecule has 0 aliphatic heterocycles. The topological polar surface area (TPSA) is 37.3 Å². The van der Waals surface area contributed by atoms with Crippen LogP contribution in [0.3, 0.4) is 0 Å². The van der Waals surface area contributed by atoms with Gasteiger partial charge in [0.05, 0.1) is 11.4 Å². The van der Waals surface area contributed by atoms with Crippen LogP contribution in [0, 0.1) is 0 Å². The van der Waals surface area contributed by atoms with Crippen molar-refractivity contribution in [3.63, 3.8) is 0 Å². The van der Waals surface area contributed by atoms with Crippen LogP contribution < -0.4 is 0 Å². The van der Waals surface area contributed by atoms with Crippen molar-refractivity contribution in [2.75, 3.05) is 0 Å². The molecule has 0 saturated heterocycles. The van der Waals surface area contributed by atoms with Crippen molar-refractivity contribution < 1.29 is 9.90 Å². The molecular formula is C10H18O2S. The lowest BCUT2D eigenvalue weighted by Crippen LogP contribution is -2.29. The highest BCUT2D eigenvalue weighted by atomic mass is 32.2. The van der Waals surface area contributed by atoms with Crippen LogP contribution in [-0.4, -0.2) is 27.5 Å². The maximum absolute atomic E-state index is 11.0. The molecule has 13 heavy (non-hydrogen) atoms. The van der Waals surface area contributed by atoms with Gasteiger partial charge in [-0.2, -0.15) is 0 Å². The fourth-order valence-corrected chi connectivity index (χ4v) is 2.93. The Morgan fingerprint density at radius 1 is 1.46 bits per heavy atom. The molecule has 0 aromatic rings. The van der Waals surface area contributed by atoms with E-state index in [-0.39, 0.29) is 22.4 Å². The second-order valence-electron chi connectivity index (χ2n) is 3.78. The Morgan fingerprint density at radius 2 is 2.08 bits per heavy atom. The van der Waals surface area contributed by atoms with E-state index in [0.717, 1.165) is 19.3 Å². The van der Waals surface area contributed by atoms with E-state index in [0.29, 0.717) is 0 Å². The van der Waals surface area contributed by atoms with Crippen molar-refractivity contribution >= 4 is 17.5 Å².